The predicted molar refractivity (Wildman–Crippen MR) is 41.2 cm³/mol. The van der Waals surface area contributed by atoms with E-state index >= 15 is 0 Å². The Kier molecular flexibility index (Phi) is 3.49. The molecule has 0 aromatic carbocycles. The standard InChI is InChI=1S/C8H14O4/c1-10-8(9)7-3-6(4-7)5-12-11-2/h6-7H,3-5H2,1-2H3. The van der Waals surface area contributed by atoms with Crippen molar-refractivity contribution in [1.82, 2.24) is 0 Å². The topological polar surface area (TPSA) is 44.8 Å². The molecule has 0 aromatic heterocycles. The summed E-state index contributed by atoms with van der Waals surface area (Å²) in [5.41, 5.74) is 0. The molecule has 0 radical (unpaired) electrons. The second-order valence-corrected chi connectivity index (χ2v) is 3.01. The Morgan fingerprint density at radius 3 is 2.58 bits per heavy atom. The van der Waals surface area contributed by atoms with Gasteiger partial charge in [0, 0.05) is 0 Å². The van der Waals surface area contributed by atoms with Crippen molar-refractivity contribution >= 4 is 5.97 Å². The summed E-state index contributed by atoms with van der Waals surface area (Å²) in [4.78, 5) is 20.1. The first kappa shape index (κ1) is 9.48. The van der Waals surface area contributed by atoms with Gasteiger partial charge in [0.15, 0.2) is 0 Å². The summed E-state index contributed by atoms with van der Waals surface area (Å²) in [5.74, 6) is 0.429. The molecule has 12 heavy (non-hydrogen) atoms. The molecule has 0 spiro atoms. The number of ether oxygens (including phenoxy) is 1. The molecule has 1 rings (SSSR count). The molecule has 70 valence electrons. The van der Waals surface area contributed by atoms with Gasteiger partial charge in [-0.1, -0.05) is 0 Å². The predicted octanol–water partition coefficient (Wildman–Crippen LogP) is 0.764. The third-order valence-electron chi connectivity index (χ3n) is 2.19. The van der Waals surface area contributed by atoms with Crippen LogP contribution in [0.4, 0.5) is 0 Å². The molecule has 4 heteroatoms. The summed E-state index contributed by atoms with van der Waals surface area (Å²) in [6.45, 7) is 0.573. The summed E-state index contributed by atoms with van der Waals surface area (Å²) in [7, 11) is 2.90. The van der Waals surface area contributed by atoms with Gasteiger partial charge in [-0.3, -0.25) is 4.79 Å². The van der Waals surface area contributed by atoms with Crippen LogP contribution in [0, 0.1) is 11.8 Å². The van der Waals surface area contributed by atoms with E-state index in [4.69, 9.17) is 4.89 Å². The number of methoxy groups -OCH3 is 1. The third kappa shape index (κ3) is 2.19. The van der Waals surface area contributed by atoms with E-state index in [1.165, 1.54) is 14.2 Å². The Bertz CT molecular complexity index is 151. The van der Waals surface area contributed by atoms with Crippen LogP contribution in [0.1, 0.15) is 12.8 Å². The van der Waals surface area contributed by atoms with Gasteiger partial charge in [-0.2, -0.15) is 0 Å². The molecule has 0 heterocycles. The van der Waals surface area contributed by atoms with Crippen LogP contribution < -0.4 is 0 Å². The maximum atomic E-state index is 10.9. The van der Waals surface area contributed by atoms with E-state index < -0.39 is 0 Å². The molecule has 0 bridgehead atoms. The SMILES string of the molecule is COOCC1CC(C(=O)OC)C1. The Morgan fingerprint density at radius 1 is 1.42 bits per heavy atom. The number of hydrogen-bond donors (Lipinski definition) is 0. The van der Waals surface area contributed by atoms with Crippen LogP contribution in [0.25, 0.3) is 0 Å². The molecular formula is C8H14O4. The number of hydrogen-bond acceptors (Lipinski definition) is 4. The zero-order chi connectivity index (χ0) is 8.97. The van der Waals surface area contributed by atoms with Crippen LogP contribution in [-0.4, -0.2) is 26.8 Å². The highest BCUT2D eigenvalue weighted by molar-refractivity contribution is 5.73. The maximum absolute atomic E-state index is 10.9. The van der Waals surface area contributed by atoms with Gasteiger partial charge >= 0.3 is 5.97 Å². The molecule has 0 N–H and O–H groups in total. The van der Waals surface area contributed by atoms with E-state index in [0.717, 1.165) is 12.8 Å². The lowest BCUT2D eigenvalue weighted by molar-refractivity contribution is -0.284. The molecule has 1 saturated carbocycles. The fraction of sp³-hybridized carbons (Fsp3) is 0.875. The van der Waals surface area contributed by atoms with E-state index in [1.807, 2.05) is 0 Å². The maximum Gasteiger partial charge on any atom is 0.308 e. The van der Waals surface area contributed by atoms with Crippen LogP contribution in [0.2, 0.25) is 0 Å². The average Bonchev–Trinajstić information content (AvgIpc) is 2.01. The summed E-state index contributed by atoms with van der Waals surface area (Å²) < 4.78 is 4.60. The molecular weight excluding hydrogens is 160 g/mol. The zero-order valence-electron chi connectivity index (χ0n) is 7.41. The van der Waals surface area contributed by atoms with Gasteiger partial charge in [0.1, 0.15) is 0 Å². The van der Waals surface area contributed by atoms with Crippen molar-refractivity contribution in [1.29, 1.82) is 0 Å². The molecule has 1 aliphatic rings. The number of esters is 1. The normalized spacial score (nSPS) is 27.8. The highest BCUT2D eigenvalue weighted by Gasteiger charge is 2.35. The third-order valence-corrected chi connectivity index (χ3v) is 2.19. The second-order valence-electron chi connectivity index (χ2n) is 3.01. The van der Waals surface area contributed by atoms with Crippen LogP contribution in [0.15, 0.2) is 0 Å². The monoisotopic (exact) mass is 174 g/mol. The first-order valence-electron chi connectivity index (χ1n) is 4.01. The smallest absolute Gasteiger partial charge is 0.308 e. The fourth-order valence-electron chi connectivity index (χ4n) is 1.40. The van der Waals surface area contributed by atoms with Gasteiger partial charge in [0.05, 0.1) is 26.7 Å². The average molecular weight is 174 g/mol. The minimum Gasteiger partial charge on any atom is -0.469 e. The van der Waals surface area contributed by atoms with E-state index in [0.29, 0.717) is 12.5 Å². The van der Waals surface area contributed by atoms with Crippen LogP contribution in [0.5, 0.6) is 0 Å². The van der Waals surface area contributed by atoms with Crippen molar-refractivity contribution in [2.45, 2.75) is 12.8 Å². The lowest BCUT2D eigenvalue weighted by Gasteiger charge is -2.32. The van der Waals surface area contributed by atoms with Crippen molar-refractivity contribution in [2.24, 2.45) is 11.8 Å². The molecule has 0 aromatic rings. The van der Waals surface area contributed by atoms with Crippen molar-refractivity contribution in [2.75, 3.05) is 20.8 Å². The van der Waals surface area contributed by atoms with Crippen LogP contribution in [0.3, 0.4) is 0 Å². The second kappa shape index (κ2) is 4.42. The Hall–Kier alpha value is -0.610. The molecule has 1 aliphatic carbocycles. The molecule has 0 unspecified atom stereocenters. The number of carbonyl (C=O) groups is 1. The first-order chi connectivity index (χ1) is 5.77. The van der Waals surface area contributed by atoms with Crippen LogP contribution >= 0.6 is 0 Å². The largest absolute Gasteiger partial charge is 0.469 e. The summed E-state index contributed by atoms with van der Waals surface area (Å²) in [6, 6.07) is 0. The molecule has 0 atom stereocenters. The Labute approximate surface area is 71.7 Å². The van der Waals surface area contributed by atoms with E-state index in [2.05, 4.69) is 9.62 Å². The van der Waals surface area contributed by atoms with Gasteiger partial charge in [0.25, 0.3) is 0 Å². The highest BCUT2D eigenvalue weighted by atomic mass is 17.2. The highest BCUT2D eigenvalue weighted by Crippen LogP contribution is 2.34. The lowest BCUT2D eigenvalue weighted by Crippen LogP contribution is -2.33. The van der Waals surface area contributed by atoms with Crippen molar-refractivity contribution in [3.8, 4) is 0 Å². The minimum atomic E-state index is -0.108. The summed E-state index contributed by atoms with van der Waals surface area (Å²) >= 11 is 0. The number of carbonyl (C=O) groups excluding carboxylic acids is 1. The minimum absolute atomic E-state index is 0.0838. The number of rotatable bonds is 4. The van der Waals surface area contributed by atoms with Crippen molar-refractivity contribution < 1.29 is 19.3 Å². The van der Waals surface area contributed by atoms with Gasteiger partial charge in [-0.05, 0) is 18.8 Å². The molecule has 4 nitrogen and oxygen atoms in total. The van der Waals surface area contributed by atoms with Gasteiger partial charge in [0.2, 0.25) is 0 Å². The molecule has 0 saturated heterocycles. The molecule has 0 aliphatic heterocycles. The summed E-state index contributed by atoms with van der Waals surface area (Å²) in [6.07, 6.45) is 1.71. The van der Waals surface area contributed by atoms with Crippen molar-refractivity contribution in [3.63, 3.8) is 0 Å². The zero-order valence-corrected chi connectivity index (χ0v) is 7.41. The quantitative estimate of drug-likeness (QED) is 0.358. The Morgan fingerprint density at radius 2 is 2.08 bits per heavy atom. The van der Waals surface area contributed by atoms with Gasteiger partial charge in [-0.15, -0.1) is 0 Å². The van der Waals surface area contributed by atoms with E-state index in [-0.39, 0.29) is 11.9 Å². The molecule has 0 amide bonds. The fourth-order valence-corrected chi connectivity index (χ4v) is 1.40. The van der Waals surface area contributed by atoms with Crippen molar-refractivity contribution in [3.05, 3.63) is 0 Å². The first-order valence-corrected chi connectivity index (χ1v) is 4.01. The molecule has 1 fully saturated rings. The van der Waals surface area contributed by atoms with E-state index in [1.54, 1.807) is 0 Å². The van der Waals surface area contributed by atoms with Gasteiger partial charge in [-0.25, -0.2) is 9.78 Å². The lowest BCUT2D eigenvalue weighted by atomic mass is 9.75. The summed E-state index contributed by atoms with van der Waals surface area (Å²) in [5, 5.41) is 0. The Balaban J connectivity index is 2.07. The van der Waals surface area contributed by atoms with Crippen LogP contribution in [-0.2, 0) is 19.3 Å². The van der Waals surface area contributed by atoms with Gasteiger partial charge < -0.3 is 4.74 Å². The van der Waals surface area contributed by atoms with E-state index in [9.17, 15) is 4.79 Å².